The number of nitrogens with one attached hydrogen (secondary N) is 1. The van der Waals surface area contributed by atoms with Crippen molar-refractivity contribution in [2.75, 3.05) is 38.2 Å². The van der Waals surface area contributed by atoms with Crippen molar-refractivity contribution in [3.05, 3.63) is 64.5 Å². The number of anilines is 2. The van der Waals surface area contributed by atoms with Gasteiger partial charge >= 0.3 is 6.09 Å². The van der Waals surface area contributed by atoms with Gasteiger partial charge in [0, 0.05) is 48.8 Å². The van der Waals surface area contributed by atoms with Gasteiger partial charge in [-0.15, -0.1) is 0 Å². The van der Waals surface area contributed by atoms with Crippen LogP contribution in [0, 0.1) is 0 Å². The average Bonchev–Trinajstić information content (AvgIpc) is 3.41. The van der Waals surface area contributed by atoms with Crippen LogP contribution in [0.2, 0.25) is 0 Å². The summed E-state index contributed by atoms with van der Waals surface area (Å²) < 4.78 is 35.6. The fraction of sp³-hybridized carbons (Fsp3) is 0.467. The summed E-state index contributed by atoms with van der Waals surface area (Å²) in [5.41, 5.74) is 7.84. The van der Waals surface area contributed by atoms with E-state index in [1.54, 1.807) is 35.1 Å². The Bertz CT molecular complexity index is 1380. The van der Waals surface area contributed by atoms with Crippen LogP contribution in [0.5, 0.6) is 0 Å². The highest BCUT2D eigenvalue weighted by molar-refractivity contribution is 5.79. The highest BCUT2D eigenvalue weighted by atomic mass is 19.3. The molecule has 3 aliphatic rings. The standard InChI is InChI=1S/C30H35F2N5O2/c1-35-17-23(16-34-35)24-13-21-4-3-10-37(27(21)15-25(24)29(31)32)28-14-22(19-5-8-33-9-6-19)12-20-7-11-36(18-26(20)28)30(38)39-2/h12-17,19,29,33H,3-11,18H2,1-2H3. The van der Waals surface area contributed by atoms with E-state index in [2.05, 4.69) is 27.4 Å². The third-order valence-electron chi connectivity index (χ3n) is 8.50. The molecule has 0 radical (unpaired) electrons. The lowest BCUT2D eigenvalue weighted by Gasteiger charge is -2.38. The van der Waals surface area contributed by atoms with Gasteiger partial charge in [0.1, 0.15) is 0 Å². The number of methoxy groups -OCH3 is 1. The normalized spacial score (nSPS) is 17.8. The Labute approximate surface area is 227 Å². The van der Waals surface area contributed by atoms with Crippen LogP contribution in [0.25, 0.3) is 11.1 Å². The maximum absolute atomic E-state index is 14.5. The number of alkyl halides is 2. The fourth-order valence-corrected chi connectivity index (χ4v) is 6.48. The number of nitrogens with zero attached hydrogens (tertiary/aromatic N) is 4. The van der Waals surface area contributed by atoms with Crippen LogP contribution < -0.4 is 10.2 Å². The van der Waals surface area contributed by atoms with E-state index in [9.17, 15) is 13.6 Å². The number of benzene rings is 2. The molecular weight excluding hydrogens is 500 g/mol. The molecule has 0 bridgehead atoms. The number of carbonyl (C=O) groups excluding carboxylic acids is 1. The van der Waals surface area contributed by atoms with E-state index in [0.29, 0.717) is 30.1 Å². The first kappa shape index (κ1) is 25.8. The van der Waals surface area contributed by atoms with Crippen LogP contribution in [-0.4, -0.2) is 54.1 Å². The molecule has 2 aromatic carbocycles. The van der Waals surface area contributed by atoms with Crippen LogP contribution in [0.4, 0.5) is 25.0 Å². The molecule has 0 saturated carbocycles. The predicted molar refractivity (Wildman–Crippen MR) is 147 cm³/mol. The zero-order chi connectivity index (χ0) is 27.1. The van der Waals surface area contributed by atoms with Gasteiger partial charge in [0.15, 0.2) is 0 Å². The van der Waals surface area contributed by atoms with E-state index in [1.807, 2.05) is 6.07 Å². The van der Waals surface area contributed by atoms with E-state index in [-0.39, 0.29) is 11.7 Å². The first-order chi connectivity index (χ1) is 18.9. The maximum atomic E-state index is 14.5. The van der Waals surface area contributed by atoms with E-state index in [1.165, 1.54) is 18.2 Å². The first-order valence-electron chi connectivity index (χ1n) is 13.8. The third-order valence-corrected chi connectivity index (χ3v) is 8.50. The van der Waals surface area contributed by atoms with Gasteiger partial charge in [-0.3, -0.25) is 4.68 Å². The molecule has 1 saturated heterocycles. The van der Waals surface area contributed by atoms with E-state index in [0.717, 1.165) is 74.2 Å². The molecule has 1 aromatic heterocycles. The molecule has 206 valence electrons. The highest BCUT2D eigenvalue weighted by Crippen LogP contribution is 2.44. The van der Waals surface area contributed by atoms with Crippen molar-refractivity contribution >= 4 is 17.5 Å². The van der Waals surface area contributed by atoms with Crippen molar-refractivity contribution < 1.29 is 18.3 Å². The Morgan fingerprint density at radius 2 is 1.90 bits per heavy atom. The van der Waals surface area contributed by atoms with Crippen LogP contribution in [-0.2, 0) is 31.2 Å². The summed E-state index contributed by atoms with van der Waals surface area (Å²) in [7, 11) is 3.20. The van der Waals surface area contributed by atoms with Crippen molar-refractivity contribution in [2.45, 2.75) is 51.0 Å². The second-order valence-corrected chi connectivity index (χ2v) is 10.9. The summed E-state index contributed by atoms with van der Waals surface area (Å²) in [6.07, 6.45) is 5.13. The Hall–Kier alpha value is -3.46. The van der Waals surface area contributed by atoms with Gasteiger partial charge in [-0.25, -0.2) is 13.6 Å². The second-order valence-electron chi connectivity index (χ2n) is 10.9. The molecule has 1 amide bonds. The number of hydrogen-bond donors (Lipinski definition) is 1. The molecule has 0 unspecified atom stereocenters. The molecule has 0 aliphatic carbocycles. The Morgan fingerprint density at radius 3 is 2.62 bits per heavy atom. The van der Waals surface area contributed by atoms with E-state index in [4.69, 9.17) is 4.74 Å². The van der Waals surface area contributed by atoms with Crippen LogP contribution in [0.3, 0.4) is 0 Å². The molecule has 39 heavy (non-hydrogen) atoms. The summed E-state index contributed by atoms with van der Waals surface area (Å²) in [6.45, 7) is 3.78. The number of rotatable bonds is 4. The van der Waals surface area contributed by atoms with Crippen molar-refractivity contribution in [2.24, 2.45) is 7.05 Å². The summed E-state index contributed by atoms with van der Waals surface area (Å²) in [5.74, 6) is 0.461. The number of ether oxygens (including phenoxy) is 1. The van der Waals surface area contributed by atoms with Crippen LogP contribution in [0.15, 0.2) is 36.7 Å². The smallest absolute Gasteiger partial charge is 0.409 e. The maximum Gasteiger partial charge on any atom is 0.409 e. The zero-order valence-corrected chi connectivity index (χ0v) is 22.6. The van der Waals surface area contributed by atoms with Gasteiger partial charge in [0.05, 0.1) is 19.9 Å². The van der Waals surface area contributed by atoms with Gasteiger partial charge in [0.25, 0.3) is 6.43 Å². The second kappa shape index (κ2) is 10.6. The van der Waals surface area contributed by atoms with Gasteiger partial charge in [-0.2, -0.15) is 5.10 Å². The number of amides is 1. The molecule has 0 atom stereocenters. The minimum Gasteiger partial charge on any atom is -0.453 e. The minimum atomic E-state index is -2.61. The zero-order valence-electron chi connectivity index (χ0n) is 22.6. The lowest BCUT2D eigenvalue weighted by molar-refractivity contribution is 0.118. The van der Waals surface area contributed by atoms with Crippen molar-refractivity contribution in [1.82, 2.24) is 20.0 Å². The summed E-state index contributed by atoms with van der Waals surface area (Å²) in [6, 6.07) is 8.21. The van der Waals surface area contributed by atoms with Crippen molar-refractivity contribution in [3.8, 4) is 11.1 Å². The van der Waals surface area contributed by atoms with Gasteiger partial charge < -0.3 is 19.9 Å². The Morgan fingerprint density at radius 1 is 1.08 bits per heavy atom. The fourth-order valence-electron chi connectivity index (χ4n) is 6.48. The lowest BCUT2D eigenvalue weighted by atomic mass is 9.85. The van der Waals surface area contributed by atoms with Gasteiger partial charge in [-0.05, 0) is 97.1 Å². The quantitative estimate of drug-likeness (QED) is 0.464. The predicted octanol–water partition coefficient (Wildman–Crippen LogP) is 5.70. The molecule has 4 heterocycles. The molecule has 3 aromatic rings. The SMILES string of the molecule is COC(=O)N1CCc2cc(C3CCNCC3)cc(N3CCCc4cc(-c5cnn(C)c5)c(C(F)F)cc43)c2C1. The molecule has 3 aliphatic heterocycles. The molecule has 7 nitrogen and oxygen atoms in total. The minimum absolute atomic E-state index is 0.0215. The van der Waals surface area contributed by atoms with Crippen molar-refractivity contribution in [1.29, 1.82) is 0 Å². The monoisotopic (exact) mass is 535 g/mol. The molecule has 6 rings (SSSR count). The van der Waals surface area contributed by atoms with Crippen LogP contribution in [0.1, 0.15) is 59.4 Å². The Balaban J connectivity index is 1.48. The Kier molecular flexibility index (Phi) is 7.01. The number of fused-ring (bicyclic) bond motifs is 2. The average molecular weight is 536 g/mol. The number of halogens is 2. The summed E-state index contributed by atoms with van der Waals surface area (Å²) in [4.78, 5) is 16.4. The molecule has 1 N–H and O–H groups in total. The number of hydrogen-bond acceptors (Lipinski definition) is 5. The van der Waals surface area contributed by atoms with E-state index < -0.39 is 6.43 Å². The van der Waals surface area contributed by atoms with Gasteiger partial charge in [-0.1, -0.05) is 6.07 Å². The summed E-state index contributed by atoms with van der Waals surface area (Å²) in [5, 5.41) is 7.67. The number of aromatic nitrogens is 2. The topological polar surface area (TPSA) is 62.6 Å². The number of aryl methyl sites for hydroxylation is 2. The largest absolute Gasteiger partial charge is 0.453 e. The highest BCUT2D eigenvalue weighted by Gasteiger charge is 2.31. The lowest BCUT2D eigenvalue weighted by Crippen LogP contribution is -2.37. The first-order valence-corrected chi connectivity index (χ1v) is 13.8. The number of carbonyl (C=O) groups is 1. The van der Waals surface area contributed by atoms with Gasteiger partial charge in [0.2, 0.25) is 0 Å². The van der Waals surface area contributed by atoms with Crippen LogP contribution >= 0.6 is 0 Å². The van der Waals surface area contributed by atoms with E-state index >= 15 is 0 Å². The molecule has 1 fully saturated rings. The van der Waals surface area contributed by atoms with Crippen molar-refractivity contribution in [3.63, 3.8) is 0 Å². The molecule has 0 spiro atoms. The number of piperidine rings is 1. The summed E-state index contributed by atoms with van der Waals surface area (Å²) >= 11 is 0. The molecular formula is C30H35F2N5O2. The third kappa shape index (κ3) is 4.88. The molecule has 9 heteroatoms.